The molecule has 2 aliphatic rings. The van der Waals surface area contributed by atoms with Crippen molar-refractivity contribution in [1.82, 2.24) is 25.4 Å². The minimum atomic E-state index is 0.0490. The molecule has 3 atom stereocenters. The summed E-state index contributed by atoms with van der Waals surface area (Å²) in [6.45, 7) is 5.16. The van der Waals surface area contributed by atoms with Gasteiger partial charge in [-0.1, -0.05) is 25.1 Å². The quantitative estimate of drug-likeness (QED) is 0.640. The Morgan fingerprint density at radius 2 is 2.15 bits per heavy atom. The first-order chi connectivity index (χ1) is 13.0. The molecule has 144 valence electrons. The number of aromatic nitrogens is 3. The summed E-state index contributed by atoms with van der Waals surface area (Å²) < 4.78 is 7.58. The fraction of sp³-hybridized carbons (Fsp3) is 0.550. The molecule has 1 fully saturated rings. The Kier molecular flexibility index (Phi) is 4.53. The molecule has 27 heavy (non-hydrogen) atoms. The van der Waals surface area contributed by atoms with E-state index in [1.807, 2.05) is 30.8 Å². The fourth-order valence-corrected chi connectivity index (χ4v) is 4.10. The van der Waals surface area contributed by atoms with Crippen LogP contribution in [0.3, 0.4) is 0 Å². The van der Waals surface area contributed by atoms with Crippen LogP contribution in [0.4, 0.5) is 0 Å². The Hall–Kier alpha value is -2.57. The maximum atomic E-state index is 5.56. The van der Waals surface area contributed by atoms with Crippen LogP contribution in [0.2, 0.25) is 0 Å². The molecular formula is C20H28N6O. The van der Waals surface area contributed by atoms with E-state index in [0.29, 0.717) is 6.04 Å². The van der Waals surface area contributed by atoms with Crippen molar-refractivity contribution in [1.29, 1.82) is 0 Å². The second-order valence-electron chi connectivity index (χ2n) is 7.67. The zero-order valence-corrected chi connectivity index (χ0v) is 16.5. The number of para-hydroxylation sites is 1. The molecule has 4 rings (SSSR count). The number of benzene rings is 1. The lowest BCUT2D eigenvalue weighted by Crippen LogP contribution is -2.43. The Bertz CT molecular complexity index is 860. The van der Waals surface area contributed by atoms with Gasteiger partial charge in [-0.05, 0) is 32.3 Å². The van der Waals surface area contributed by atoms with E-state index < -0.39 is 0 Å². The Morgan fingerprint density at radius 3 is 2.93 bits per heavy atom. The van der Waals surface area contributed by atoms with Crippen LogP contribution in [0.1, 0.15) is 49.4 Å². The lowest BCUT2D eigenvalue weighted by Gasteiger charge is -2.25. The van der Waals surface area contributed by atoms with Gasteiger partial charge in [0.05, 0.1) is 13.2 Å². The van der Waals surface area contributed by atoms with Crippen LogP contribution in [0, 0.1) is 6.92 Å². The minimum Gasteiger partial charge on any atom is -0.496 e. The summed E-state index contributed by atoms with van der Waals surface area (Å²) in [4.78, 5) is 9.05. The SMILES string of the molecule is CN=C(NC1CCCn2nc(C)nc21)NC1CC1(C)c1ccccc1OC. The highest BCUT2D eigenvalue weighted by molar-refractivity contribution is 5.81. The normalized spacial score (nSPS) is 27.0. The van der Waals surface area contributed by atoms with Crippen LogP contribution >= 0.6 is 0 Å². The van der Waals surface area contributed by atoms with E-state index in [2.05, 4.69) is 44.8 Å². The summed E-state index contributed by atoms with van der Waals surface area (Å²) in [5.41, 5.74) is 1.29. The van der Waals surface area contributed by atoms with Crippen LogP contribution in [0.15, 0.2) is 29.3 Å². The molecule has 0 saturated heterocycles. The number of aliphatic imine (C=N–C) groups is 1. The van der Waals surface area contributed by atoms with Crippen LogP contribution in [-0.4, -0.2) is 40.9 Å². The predicted octanol–water partition coefficient (Wildman–Crippen LogP) is 2.33. The summed E-state index contributed by atoms with van der Waals surface area (Å²) in [6, 6.07) is 8.73. The first-order valence-electron chi connectivity index (χ1n) is 9.60. The van der Waals surface area contributed by atoms with Gasteiger partial charge in [0.1, 0.15) is 17.4 Å². The third-order valence-corrected chi connectivity index (χ3v) is 5.79. The van der Waals surface area contributed by atoms with Gasteiger partial charge in [0.15, 0.2) is 5.96 Å². The van der Waals surface area contributed by atoms with E-state index in [0.717, 1.165) is 49.2 Å². The Labute approximate surface area is 160 Å². The molecule has 2 N–H and O–H groups in total. The minimum absolute atomic E-state index is 0.0490. The standard InChI is InChI=1S/C20H28N6O/c1-13-22-18-15(9-7-11-26(18)25-13)23-19(21-3)24-17-12-20(17,2)14-8-5-6-10-16(14)27-4/h5-6,8,10,15,17H,7,9,11-12H2,1-4H3,(H2,21,23,24). The third kappa shape index (κ3) is 3.26. The van der Waals surface area contributed by atoms with E-state index in [1.54, 1.807) is 7.11 Å². The van der Waals surface area contributed by atoms with E-state index in [4.69, 9.17) is 4.74 Å². The number of guanidine groups is 1. The topological polar surface area (TPSA) is 76.4 Å². The largest absolute Gasteiger partial charge is 0.496 e. The summed E-state index contributed by atoms with van der Waals surface area (Å²) >= 11 is 0. The second-order valence-corrected chi connectivity index (χ2v) is 7.67. The molecule has 3 unspecified atom stereocenters. The molecule has 1 aliphatic carbocycles. The lowest BCUT2D eigenvalue weighted by molar-refractivity contribution is 0.396. The van der Waals surface area contributed by atoms with Crippen molar-refractivity contribution in [3.05, 3.63) is 41.5 Å². The van der Waals surface area contributed by atoms with Crippen LogP contribution < -0.4 is 15.4 Å². The molecule has 1 saturated carbocycles. The van der Waals surface area contributed by atoms with Crippen LogP contribution in [0.5, 0.6) is 5.75 Å². The lowest BCUT2D eigenvalue weighted by atomic mass is 9.96. The van der Waals surface area contributed by atoms with E-state index in [1.165, 1.54) is 5.56 Å². The zero-order chi connectivity index (χ0) is 19.0. The summed E-state index contributed by atoms with van der Waals surface area (Å²) in [7, 11) is 3.55. The molecule has 0 spiro atoms. The number of ether oxygens (including phenoxy) is 1. The maximum Gasteiger partial charge on any atom is 0.191 e. The van der Waals surface area contributed by atoms with Gasteiger partial charge in [0.2, 0.25) is 0 Å². The summed E-state index contributed by atoms with van der Waals surface area (Å²) in [5, 5.41) is 11.6. The van der Waals surface area contributed by atoms with E-state index in [9.17, 15) is 0 Å². The summed E-state index contributed by atoms with van der Waals surface area (Å²) in [5.74, 6) is 3.60. The average Bonchev–Trinajstić information content (AvgIpc) is 3.16. The van der Waals surface area contributed by atoms with Gasteiger partial charge in [-0.25, -0.2) is 9.67 Å². The Balaban J connectivity index is 1.45. The fourth-order valence-electron chi connectivity index (χ4n) is 4.10. The van der Waals surface area contributed by atoms with Crippen molar-refractivity contribution in [3.8, 4) is 5.75 Å². The van der Waals surface area contributed by atoms with Crippen LogP contribution in [-0.2, 0) is 12.0 Å². The molecule has 7 heteroatoms. The van der Waals surface area contributed by atoms with Crippen molar-refractivity contribution in [2.75, 3.05) is 14.2 Å². The highest BCUT2D eigenvalue weighted by Crippen LogP contribution is 2.51. The number of hydrogen-bond acceptors (Lipinski definition) is 4. The number of hydrogen-bond donors (Lipinski definition) is 2. The Morgan fingerprint density at radius 1 is 1.33 bits per heavy atom. The predicted molar refractivity (Wildman–Crippen MR) is 105 cm³/mol. The molecule has 1 aliphatic heterocycles. The molecule has 1 aromatic carbocycles. The molecular weight excluding hydrogens is 340 g/mol. The van der Waals surface area contributed by atoms with Crippen molar-refractivity contribution >= 4 is 5.96 Å². The highest BCUT2D eigenvalue weighted by atomic mass is 16.5. The third-order valence-electron chi connectivity index (χ3n) is 5.79. The molecule has 0 radical (unpaired) electrons. The monoisotopic (exact) mass is 368 g/mol. The van der Waals surface area contributed by atoms with Gasteiger partial charge in [0, 0.05) is 30.6 Å². The zero-order valence-electron chi connectivity index (χ0n) is 16.5. The van der Waals surface area contributed by atoms with Gasteiger partial charge in [-0.2, -0.15) is 5.10 Å². The molecule has 1 aromatic heterocycles. The number of fused-ring (bicyclic) bond motifs is 1. The van der Waals surface area contributed by atoms with Crippen molar-refractivity contribution in [2.45, 2.75) is 57.2 Å². The van der Waals surface area contributed by atoms with Crippen LogP contribution in [0.25, 0.3) is 0 Å². The van der Waals surface area contributed by atoms with Crippen molar-refractivity contribution in [2.24, 2.45) is 4.99 Å². The van der Waals surface area contributed by atoms with Gasteiger partial charge in [0.25, 0.3) is 0 Å². The van der Waals surface area contributed by atoms with Gasteiger partial charge in [-0.3, -0.25) is 4.99 Å². The van der Waals surface area contributed by atoms with Gasteiger partial charge in [-0.15, -0.1) is 0 Å². The number of rotatable bonds is 4. The maximum absolute atomic E-state index is 5.56. The number of aryl methyl sites for hydroxylation is 2. The first kappa shape index (κ1) is 17.8. The molecule has 2 aromatic rings. The van der Waals surface area contributed by atoms with Gasteiger partial charge < -0.3 is 15.4 Å². The van der Waals surface area contributed by atoms with E-state index >= 15 is 0 Å². The second kappa shape index (κ2) is 6.87. The first-order valence-corrected chi connectivity index (χ1v) is 9.60. The molecule has 0 bridgehead atoms. The van der Waals surface area contributed by atoms with E-state index in [-0.39, 0.29) is 11.5 Å². The highest BCUT2D eigenvalue weighted by Gasteiger charge is 2.53. The molecule has 2 heterocycles. The number of nitrogens with one attached hydrogen (secondary N) is 2. The summed E-state index contributed by atoms with van der Waals surface area (Å²) in [6.07, 6.45) is 3.17. The van der Waals surface area contributed by atoms with Crippen molar-refractivity contribution in [3.63, 3.8) is 0 Å². The average molecular weight is 368 g/mol. The molecule has 0 amide bonds. The smallest absolute Gasteiger partial charge is 0.191 e. The van der Waals surface area contributed by atoms with Gasteiger partial charge >= 0.3 is 0 Å². The number of nitrogens with zero attached hydrogens (tertiary/aromatic N) is 4. The number of methoxy groups -OCH3 is 1. The van der Waals surface area contributed by atoms with Crippen molar-refractivity contribution < 1.29 is 4.74 Å². The molecule has 7 nitrogen and oxygen atoms in total.